The molecule has 96 valence electrons. The number of carboxylic acid groups (broad SMARTS) is 1. The number of carbonyl (C=O) groups is 1. The molecule has 2 unspecified atom stereocenters. The van der Waals surface area contributed by atoms with Gasteiger partial charge in [-0.2, -0.15) is 0 Å². The third-order valence-corrected chi connectivity index (χ3v) is 4.30. The second-order valence-electron chi connectivity index (χ2n) is 4.13. The molecule has 1 aromatic heterocycles. The summed E-state index contributed by atoms with van der Waals surface area (Å²) in [5, 5.41) is 8.87. The van der Waals surface area contributed by atoms with Crippen LogP contribution in [0.5, 0.6) is 0 Å². The van der Waals surface area contributed by atoms with Crippen molar-refractivity contribution < 1.29 is 9.90 Å². The Bertz CT molecular complexity index is 408. The third kappa shape index (κ3) is 3.85. The van der Waals surface area contributed by atoms with E-state index in [9.17, 15) is 4.79 Å². The molecular weight excluding hydrogens is 281 g/mol. The van der Waals surface area contributed by atoms with E-state index in [0.717, 1.165) is 5.56 Å². The predicted molar refractivity (Wildman–Crippen MR) is 72.2 cm³/mol. The van der Waals surface area contributed by atoms with Crippen LogP contribution in [-0.2, 0) is 4.79 Å². The van der Waals surface area contributed by atoms with Crippen LogP contribution in [0.3, 0.4) is 0 Å². The fraction of sp³-hybridized carbons (Fsp3) is 0.545. The standard InChI is InChI=1S/C11H15Cl2NO2S/c1-6(11(15)16)5-14(3)7(2)8-4-9(12)17-10(8)13/h4,6-7H,5H2,1-3H3,(H,15,16). The zero-order valence-corrected chi connectivity index (χ0v) is 12.2. The molecule has 1 rings (SSSR count). The van der Waals surface area contributed by atoms with Gasteiger partial charge in [0.25, 0.3) is 0 Å². The Hall–Kier alpha value is -0.290. The molecule has 0 fully saturated rings. The molecule has 1 aromatic rings. The molecule has 0 aliphatic carbocycles. The molecular formula is C11H15Cl2NO2S. The molecule has 0 aliphatic heterocycles. The molecule has 6 heteroatoms. The van der Waals surface area contributed by atoms with Gasteiger partial charge >= 0.3 is 5.97 Å². The van der Waals surface area contributed by atoms with Gasteiger partial charge in [-0.3, -0.25) is 9.69 Å². The highest BCUT2D eigenvalue weighted by Gasteiger charge is 2.21. The Balaban J connectivity index is 2.73. The first-order chi connectivity index (χ1) is 7.82. The topological polar surface area (TPSA) is 40.5 Å². The van der Waals surface area contributed by atoms with Crippen molar-refractivity contribution in [2.24, 2.45) is 5.92 Å². The Morgan fingerprint density at radius 1 is 1.53 bits per heavy atom. The van der Waals surface area contributed by atoms with Crippen molar-refractivity contribution >= 4 is 40.5 Å². The van der Waals surface area contributed by atoms with E-state index in [0.29, 0.717) is 15.2 Å². The van der Waals surface area contributed by atoms with Crippen LogP contribution >= 0.6 is 34.5 Å². The van der Waals surface area contributed by atoms with Crippen molar-refractivity contribution in [1.29, 1.82) is 0 Å². The number of rotatable bonds is 5. The Morgan fingerprint density at radius 3 is 2.53 bits per heavy atom. The van der Waals surface area contributed by atoms with Gasteiger partial charge in [0.05, 0.1) is 14.6 Å². The lowest BCUT2D eigenvalue weighted by Crippen LogP contribution is -2.30. The van der Waals surface area contributed by atoms with E-state index in [1.54, 1.807) is 6.92 Å². The van der Waals surface area contributed by atoms with Gasteiger partial charge in [0.2, 0.25) is 0 Å². The minimum atomic E-state index is -0.793. The molecule has 3 nitrogen and oxygen atoms in total. The molecule has 1 heterocycles. The molecule has 1 N–H and O–H groups in total. The zero-order valence-electron chi connectivity index (χ0n) is 9.91. The van der Waals surface area contributed by atoms with Crippen LogP contribution in [-0.4, -0.2) is 29.6 Å². The maximum atomic E-state index is 10.8. The lowest BCUT2D eigenvalue weighted by atomic mass is 10.1. The van der Waals surface area contributed by atoms with Crippen LogP contribution in [0.4, 0.5) is 0 Å². The Labute approximate surface area is 115 Å². The fourth-order valence-electron chi connectivity index (χ4n) is 1.54. The minimum absolute atomic E-state index is 0.0491. The van der Waals surface area contributed by atoms with Crippen molar-refractivity contribution in [3.63, 3.8) is 0 Å². The average molecular weight is 296 g/mol. The van der Waals surface area contributed by atoms with Gasteiger partial charge < -0.3 is 5.11 Å². The van der Waals surface area contributed by atoms with E-state index in [-0.39, 0.29) is 6.04 Å². The van der Waals surface area contributed by atoms with Gasteiger partial charge in [0.15, 0.2) is 0 Å². The minimum Gasteiger partial charge on any atom is -0.481 e. The van der Waals surface area contributed by atoms with Gasteiger partial charge in [-0.1, -0.05) is 30.1 Å². The molecule has 0 aliphatic rings. The third-order valence-electron chi connectivity index (χ3n) is 2.78. The first kappa shape index (κ1) is 14.8. The van der Waals surface area contributed by atoms with E-state index in [1.807, 2.05) is 24.9 Å². The number of aliphatic carboxylic acids is 1. The number of hydrogen-bond acceptors (Lipinski definition) is 3. The SMILES string of the molecule is CC(CN(C)C(C)c1cc(Cl)sc1Cl)C(=O)O. The molecule has 0 aromatic carbocycles. The zero-order chi connectivity index (χ0) is 13.2. The van der Waals surface area contributed by atoms with Gasteiger partial charge in [0, 0.05) is 18.2 Å². The highest BCUT2D eigenvalue weighted by Crippen LogP contribution is 2.36. The van der Waals surface area contributed by atoms with E-state index >= 15 is 0 Å². The molecule has 0 saturated carbocycles. The number of hydrogen-bond donors (Lipinski definition) is 1. The maximum Gasteiger partial charge on any atom is 0.307 e. The second-order valence-corrected chi connectivity index (χ2v) is 6.42. The van der Waals surface area contributed by atoms with Crippen molar-refractivity contribution in [1.82, 2.24) is 4.90 Å². The van der Waals surface area contributed by atoms with E-state index < -0.39 is 11.9 Å². The van der Waals surface area contributed by atoms with Crippen LogP contribution in [0.2, 0.25) is 8.67 Å². The average Bonchev–Trinajstić information content (AvgIpc) is 2.56. The van der Waals surface area contributed by atoms with Gasteiger partial charge in [0.1, 0.15) is 0 Å². The van der Waals surface area contributed by atoms with Crippen LogP contribution in [0.15, 0.2) is 6.07 Å². The normalized spacial score (nSPS) is 14.9. The Kier molecular flexibility index (Phi) is 5.25. The van der Waals surface area contributed by atoms with E-state index in [2.05, 4.69) is 0 Å². The molecule has 17 heavy (non-hydrogen) atoms. The van der Waals surface area contributed by atoms with Crippen molar-refractivity contribution in [2.75, 3.05) is 13.6 Å². The van der Waals surface area contributed by atoms with Gasteiger partial charge in [-0.15, -0.1) is 11.3 Å². The summed E-state index contributed by atoms with van der Waals surface area (Å²) in [7, 11) is 1.88. The first-order valence-corrected chi connectivity index (χ1v) is 6.78. The molecule has 0 radical (unpaired) electrons. The predicted octanol–water partition coefficient (Wildman–Crippen LogP) is 3.77. The molecule has 0 amide bonds. The van der Waals surface area contributed by atoms with Gasteiger partial charge in [-0.05, 0) is 20.0 Å². The summed E-state index contributed by atoms with van der Waals surface area (Å²) in [6, 6.07) is 1.88. The van der Waals surface area contributed by atoms with E-state index in [1.165, 1.54) is 11.3 Å². The summed E-state index contributed by atoms with van der Waals surface area (Å²) in [6.07, 6.45) is 0. The largest absolute Gasteiger partial charge is 0.481 e. The highest BCUT2D eigenvalue weighted by molar-refractivity contribution is 7.20. The van der Waals surface area contributed by atoms with Crippen molar-refractivity contribution in [3.05, 3.63) is 20.3 Å². The fourth-order valence-corrected chi connectivity index (χ4v) is 3.18. The molecule has 0 spiro atoms. The van der Waals surface area contributed by atoms with Gasteiger partial charge in [-0.25, -0.2) is 0 Å². The van der Waals surface area contributed by atoms with Crippen LogP contribution < -0.4 is 0 Å². The first-order valence-electron chi connectivity index (χ1n) is 5.20. The lowest BCUT2D eigenvalue weighted by molar-refractivity contribution is -0.141. The van der Waals surface area contributed by atoms with Crippen molar-refractivity contribution in [3.8, 4) is 0 Å². The maximum absolute atomic E-state index is 10.8. The Morgan fingerprint density at radius 2 is 2.12 bits per heavy atom. The molecule has 0 saturated heterocycles. The number of nitrogens with zero attached hydrogens (tertiary/aromatic N) is 1. The second kappa shape index (κ2) is 6.05. The summed E-state index contributed by atoms with van der Waals surface area (Å²) in [5.74, 6) is -1.20. The molecule has 0 bridgehead atoms. The van der Waals surface area contributed by atoms with Crippen molar-refractivity contribution in [2.45, 2.75) is 19.9 Å². The molecule has 2 atom stereocenters. The highest BCUT2D eigenvalue weighted by atomic mass is 35.5. The summed E-state index contributed by atoms with van der Waals surface area (Å²) in [4.78, 5) is 12.8. The number of thiophene rings is 1. The smallest absolute Gasteiger partial charge is 0.307 e. The van der Waals surface area contributed by atoms with Crippen LogP contribution in [0.1, 0.15) is 25.5 Å². The summed E-state index contributed by atoms with van der Waals surface area (Å²) in [5.41, 5.74) is 0.946. The quantitative estimate of drug-likeness (QED) is 0.899. The number of carboxylic acids is 1. The summed E-state index contributed by atoms with van der Waals surface area (Å²) >= 11 is 13.3. The number of halogens is 2. The monoisotopic (exact) mass is 295 g/mol. The summed E-state index contributed by atoms with van der Waals surface area (Å²) < 4.78 is 1.31. The van der Waals surface area contributed by atoms with Crippen LogP contribution in [0, 0.1) is 5.92 Å². The van der Waals surface area contributed by atoms with Crippen LogP contribution in [0.25, 0.3) is 0 Å². The lowest BCUT2D eigenvalue weighted by Gasteiger charge is -2.26. The van der Waals surface area contributed by atoms with E-state index in [4.69, 9.17) is 28.3 Å². The summed E-state index contributed by atoms with van der Waals surface area (Å²) in [6.45, 7) is 4.15.